The van der Waals surface area contributed by atoms with E-state index >= 15 is 0 Å². The molecule has 4 nitrogen and oxygen atoms in total. The predicted octanol–water partition coefficient (Wildman–Crippen LogP) is 3.93. The maximum absolute atomic E-state index is 12.8. The smallest absolute Gasteiger partial charge is 0.227 e. The van der Waals surface area contributed by atoms with E-state index in [-0.39, 0.29) is 5.91 Å². The number of rotatable bonds is 3. The standard InChI is InChI=1S/C20H22ClN3O/c21-17-5-3-10-22-20(17)23-11-7-15(8-12-23)14-19(25)24-13-9-16-4-1-2-6-18(16)24/h1-6,10,15H,7-9,11-14H2. The first-order chi connectivity index (χ1) is 12.2. The van der Waals surface area contributed by atoms with Crippen molar-refractivity contribution in [3.63, 3.8) is 0 Å². The van der Waals surface area contributed by atoms with Gasteiger partial charge in [0.15, 0.2) is 0 Å². The molecule has 5 heteroatoms. The lowest BCUT2D eigenvalue weighted by Gasteiger charge is -2.33. The molecule has 0 atom stereocenters. The van der Waals surface area contributed by atoms with Gasteiger partial charge in [0.2, 0.25) is 5.91 Å². The van der Waals surface area contributed by atoms with Gasteiger partial charge in [-0.1, -0.05) is 29.8 Å². The molecule has 3 heterocycles. The Morgan fingerprint density at radius 3 is 2.72 bits per heavy atom. The van der Waals surface area contributed by atoms with Gasteiger partial charge in [-0.3, -0.25) is 4.79 Å². The fraction of sp³-hybridized carbons (Fsp3) is 0.400. The van der Waals surface area contributed by atoms with Crippen LogP contribution in [0.2, 0.25) is 5.02 Å². The number of piperidine rings is 1. The Labute approximate surface area is 153 Å². The van der Waals surface area contributed by atoms with Crippen LogP contribution in [0.1, 0.15) is 24.8 Å². The van der Waals surface area contributed by atoms with E-state index in [4.69, 9.17) is 11.6 Å². The van der Waals surface area contributed by atoms with Gasteiger partial charge in [0.25, 0.3) is 0 Å². The molecule has 25 heavy (non-hydrogen) atoms. The Balaban J connectivity index is 1.35. The summed E-state index contributed by atoms with van der Waals surface area (Å²) >= 11 is 6.25. The molecule has 4 rings (SSSR count). The van der Waals surface area contributed by atoms with E-state index in [1.807, 2.05) is 29.2 Å². The SMILES string of the molecule is O=C(CC1CCN(c2ncccc2Cl)CC1)N1CCc2ccccc21. The highest BCUT2D eigenvalue weighted by Gasteiger charge is 2.28. The van der Waals surface area contributed by atoms with Crippen molar-refractivity contribution in [1.82, 2.24) is 4.98 Å². The molecule has 0 spiro atoms. The third-order valence-corrected chi connectivity index (χ3v) is 5.60. The number of hydrogen-bond donors (Lipinski definition) is 0. The Bertz CT molecular complexity index is 771. The molecule has 130 valence electrons. The number of amides is 1. The van der Waals surface area contributed by atoms with E-state index in [1.165, 1.54) is 5.56 Å². The zero-order valence-corrected chi connectivity index (χ0v) is 15.0. The number of fused-ring (bicyclic) bond motifs is 1. The van der Waals surface area contributed by atoms with Crippen LogP contribution in [0.3, 0.4) is 0 Å². The lowest BCUT2D eigenvalue weighted by Crippen LogP contribution is -2.37. The van der Waals surface area contributed by atoms with Crippen molar-refractivity contribution in [3.8, 4) is 0 Å². The van der Waals surface area contributed by atoms with Crippen LogP contribution in [-0.2, 0) is 11.2 Å². The number of benzene rings is 1. The normalized spacial score (nSPS) is 17.6. The predicted molar refractivity (Wildman–Crippen MR) is 101 cm³/mol. The average Bonchev–Trinajstić information content (AvgIpc) is 3.07. The van der Waals surface area contributed by atoms with Gasteiger partial charge in [0.05, 0.1) is 5.02 Å². The quantitative estimate of drug-likeness (QED) is 0.837. The van der Waals surface area contributed by atoms with Crippen LogP contribution >= 0.6 is 11.6 Å². The second-order valence-electron chi connectivity index (χ2n) is 6.87. The van der Waals surface area contributed by atoms with Gasteiger partial charge in [0, 0.05) is 37.9 Å². The fourth-order valence-corrected chi connectivity index (χ4v) is 4.15. The summed E-state index contributed by atoms with van der Waals surface area (Å²) in [6.45, 7) is 2.64. The Kier molecular flexibility index (Phi) is 4.62. The molecule has 2 aliphatic rings. The number of pyridine rings is 1. The average molecular weight is 356 g/mol. The number of nitrogens with zero attached hydrogens (tertiary/aromatic N) is 3. The molecule has 0 radical (unpaired) electrons. The second-order valence-corrected chi connectivity index (χ2v) is 7.27. The summed E-state index contributed by atoms with van der Waals surface area (Å²) in [4.78, 5) is 21.4. The van der Waals surface area contributed by atoms with Crippen LogP contribution in [0.15, 0.2) is 42.6 Å². The third-order valence-electron chi connectivity index (χ3n) is 5.30. The van der Waals surface area contributed by atoms with E-state index in [0.717, 1.165) is 50.4 Å². The molecule has 2 aromatic rings. The van der Waals surface area contributed by atoms with Gasteiger partial charge in [0.1, 0.15) is 5.82 Å². The number of para-hydroxylation sites is 1. The molecule has 0 unspecified atom stereocenters. The number of halogens is 1. The van der Waals surface area contributed by atoms with Crippen molar-refractivity contribution >= 4 is 29.0 Å². The summed E-state index contributed by atoms with van der Waals surface area (Å²) in [7, 11) is 0. The first-order valence-electron chi connectivity index (χ1n) is 8.96. The molecule has 1 aromatic carbocycles. The molecule has 1 aromatic heterocycles. The van der Waals surface area contributed by atoms with Crippen molar-refractivity contribution in [3.05, 3.63) is 53.2 Å². The van der Waals surface area contributed by atoms with Crippen LogP contribution in [0.4, 0.5) is 11.5 Å². The van der Waals surface area contributed by atoms with Crippen LogP contribution < -0.4 is 9.80 Å². The van der Waals surface area contributed by atoms with Crippen molar-refractivity contribution in [2.45, 2.75) is 25.7 Å². The van der Waals surface area contributed by atoms with Gasteiger partial charge >= 0.3 is 0 Å². The van der Waals surface area contributed by atoms with Crippen molar-refractivity contribution in [2.24, 2.45) is 5.92 Å². The molecule has 1 fully saturated rings. The van der Waals surface area contributed by atoms with Gasteiger partial charge in [-0.05, 0) is 48.9 Å². The van der Waals surface area contributed by atoms with E-state index in [9.17, 15) is 4.79 Å². The van der Waals surface area contributed by atoms with Crippen LogP contribution in [0.5, 0.6) is 0 Å². The first kappa shape index (κ1) is 16.4. The lowest BCUT2D eigenvalue weighted by molar-refractivity contribution is -0.119. The van der Waals surface area contributed by atoms with Crippen LogP contribution in [0, 0.1) is 5.92 Å². The topological polar surface area (TPSA) is 36.4 Å². The number of aromatic nitrogens is 1. The van der Waals surface area contributed by atoms with E-state index in [1.54, 1.807) is 6.20 Å². The van der Waals surface area contributed by atoms with E-state index < -0.39 is 0 Å². The Morgan fingerprint density at radius 2 is 1.92 bits per heavy atom. The lowest BCUT2D eigenvalue weighted by atomic mass is 9.93. The highest BCUT2D eigenvalue weighted by atomic mass is 35.5. The number of carbonyl (C=O) groups excluding carboxylic acids is 1. The minimum absolute atomic E-state index is 0.263. The number of hydrogen-bond acceptors (Lipinski definition) is 3. The van der Waals surface area contributed by atoms with Gasteiger partial charge < -0.3 is 9.80 Å². The van der Waals surface area contributed by atoms with Crippen molar-refractivity contribution < 1.29 is 4.79 Å². The highest BCUT2D eigenvalue weighted by Crippen LogP contribution is 2.31. The zero-order valence-electron chi connectivity index (χ0n) is 14.2. The summed E-state index contributed by atoms with van der Waals surface area (Å²) < 4.78 is 0. The summed E-state index contributed by atoms with van der Waals surface area (Å²) in [5.74, 6) is 1.57. The minimum atomic E-state index is 0.263. The third kappa shape index (κ3) is 3.36. The largest absolute Gasteiger partial charge is 0.355 e. The molecule has 1 saturated heterocycles. The molecular formula is C20H22ClN3O. The van der Waals surface area contributed by atoms with Crippen molar-refractivity contribution in [1.29, 1.82) is 0 Å². The van der Waals surface area contributed by atoms with Crippen molar-refractivity contribution in [2.75, 3.05) is 29.4 Å². The molecule has 0 aliphatic carbocycles. The summed E-state index contributed by atoms with van der Waals surface area (Å²) in [5.41, 5.74) is 2.39. The summed E-state index contributed by atoms with van der Waals surface area (Å²) in [6.07, 6.45) is 5.40. The maximum Gasteiger partial charge on any atom is 0.227 e. The van der Waals surface area contributed by atoms with E-state index in [0.29, 0.717) is 17.4 Å². The molecular weight excluding hydrogens is 334 g/mol. The molecule has 0 bridgehead atoms. The van der Waals surface area contributed by atoms with E-state index in [2.05, 4.69) is 22.0 Å². The molecule has 0 N–H and O–H groups in total. The zero-order chi connectivity index (χ0) is 17.2. The summed E-state index contributed by atoms with van der Waals surface area (Å²) in [5, 5.41) is 0.700. The van der Waals surface area contributed by atoms with Gasteiger partial charge in [-0.15, -0.1) is 0 Å². The summed E-state index contributed by atoms with van der Waals surface area (Å²) in [6, 6.07) is 12.0. The van der Waals surface area contributed by atoms with Crippen LogP contribution in [0.25, 0.3) is 0 Å². The molecule has 1 amide bonds. The van der Waals surface area contributed by atoms with Crippen LogP contribution in [-0.4, -0.2) is 30.5 Å². The maximum atomic E-state index is 12.8. The second kappa shape index (κ2) is 7.04. The fourth-order valence-electron chi connectivity index (χ4n) is 3.91. The highest BCUT2D eigenvalue weighted by molar-refractivity contribution is 6.32. The molecule has 0 saturated carbocycles. The number of anilines is 2. The first-order valence-corrected chi connectivity index (χ1v) is 9.34. The van der Waals surface area contributed by atoms with Gasteiger partial charge in [-0.25, -0.2) is 4.98 Å². The molecule has 2 aliphatic heterocycles. The Hall–Kier alpha value is -2.07. The number of carbonyl (C=O) groups is 1. The monoisotopic (exact) mass is 355 g/mol. The van der Waals surface area contributed by atoms with Gasteiger partial charge in [-0.2, -0.15) is 0 Å². The minimum Gasteiger partial charge on any atom is -0.355 e. The Morgan fingerprint density at radius 1 is 1.12 bits per heavy atom.